The number of hydrogen-bond acceptors (Lipinski definition) is 4. The molecule has 0 atom stereocenters. The van der Waals surface area contributed by atoms with Gasteiger partial charge in [0.05, 0.1) is 21.6 Å². The molecule has 0 aliphatic carbocycles. The smallest absolute Gasteiger partial charge is 0.228 e. The van der Waals surface area contributed by atoms with E-state index in [9.17, 15) is 4.79 Å². The van der Waals surface area contributed by atoms with Gasteiger partial charge >= 0.3 is 0 Å². The second kappa shape index (κ2) is 7.36. The number of hydrogen-bond donors (Lipinski definition) is 1. The first kappa shape index (κ1) is 17.0. The molecule has 3 rings (SSSR count). The van der Waals surface area contributed by atoms with Crippen molar-refractivity contribution in [3.63, 3.8) is 0 Å². The van der Waals surface area contributed by atoms with Crippen LogP contribution < -0.4 is 5.32 Å². The number of carbonyl (C=O) groups is 1. The molecule has 24 heavy (non-hydrogen) atoms. The van der Waals surface area contributed by atoms with E-state index in [1.165, 1.54) is 4.90 Å². The van der Waals surface area contributed by atoms with E-state index in [4.69, 9.17) is 0 Å². The van der Waals surface area contributed by atoms with Gasteiger partial charge < -0.3 is 5.32 Å². The Hall–Kier alpha value is -1.85. The normalized spacial score (nSPS) is 11.2. The number of thioether (sulfide) groups is 1. The summed E-state index contributed by atoms with van der Waals surface area (Å²) in [6.07, 6.45) is 0.376. The number of anilines is 1. The first-order chi connectivity index (χ1) is 11.5. The SMILES string of the molecule is Cc1nc2cc(NC(=O)Cc3ccc(SC(C)C)cc3)ccc2s1. The van der Waals surface area contributed by atoms with Gasteiger partial charge in [0.2, 0.25) is 5.91 Å². The van der Waals surface area contributed by atoms with Gasteiger partial charge in [-0.1, -0.05) is 26.0 Å². The Morgan fingerprint density at radius 1 is 1.21 bits per heavy atom. The molecule has 0 unspecified atom stereocenters. The molecular formula is C19H20N2OS2. The van der Waals surface area contributed by atoms with Crippen LogP contribution in [-0.2, 0) is 11.2 Å². The topological polar surface area (TPSA) is 42.0 Å². The van der Waals surface area contributed by atoms with Crippen LogP contribution in [0.5, 0.6) is 0 Å². The Morgan fingerprint density at radius 3 is 2.67 bits per heavy atom. The summed E-state index contributed by atoms with van der Waals surface area (Å²) in [4.78, 5) is 17.9. The lowest BCUT2D eigenvalue weighted by Crippen LogP contribution is -2.14. The maximum absolute atomic E-state index is 12.3. The molecule has 0 bridgehead atoms. The molecule has 1 amide bonds. The Morgan fingerprint density at radius 2 is 1.96 bits per heavy atom. The molecule has 1 N–H and O–H groups in total. The number of rotatable bonds is 5. The maximum Gasteiger partial charge on any atom is 0.228 e. The number of fused-ring (bicyclic) bond motifs is 1. The summed E-state index contributed by atoms with van der Waals surface area (Å²) in [6.45, 7) is 6.34. The largest absolute Gasteiger partial charge is 0.326 e. The molecular weight excluding hydrogens is 336 g/mol. The van der Waals surface area contributed by atoms with Gasteiger partial charge in [-0.2, -0.15) is 0 Å². The first-order valence-electron chi connectivity index (χ1n) is 7.92. The average Bonchev–Trinajstić information content (AvgIpc) is 2.88. The Labute approximate surface area is 150 Å². The van der Waals surface area contributed by atoms with Crippen LogP contribution in [0.25, 0.3) is 10.2 Å². The Bertz CT molecular complexity index is 853. The zero-order valence-corrected chi connectivity index (χ0v) is 15.6. The van der Waals surface area contributed by atoms with E-state index in [0.717, 1.165) is 26.5 Å². The fraction of sp³-hybridized carbons (Fsp3) is 0.263. The van der Waals surface area contributed by atoms with Gasteiger partial charge in [-0.05, 0) is 42.8 Å². The van der Waals surface area contributed by atoms with Gasteiger partial charge in [0, 0.05) is 15.8 Å². The third-order valence-corrected chi connectivity index (χ3v) is 5.41. The quantitative estimate of drug-likeness (QED) is 0.632. The minimum absolute atomic E-state index is 0.00874. The highest BCUT2D eigenvalue weighted by atomic mass is 32.2. The highest BCUT2D eigenvalue weighted by Gasteiger charge is 2.07. The average molecular weight is 357 g/mol. The Balaban J connectivity index is 1.63. The number of aryl methyl sites for hydroxylation is 1. The monoisotopic (exact) mass is 356 g/mol. The summed E-state index contributed by atoms with van der Waals surface area (Å²) in [5, 5.41) is 4.55. The van der Waals surface area contributed by atoms with Gasteiger partial charge in [-0.15, -0.1) is 23.1 Å². The van der Waals surface area contributed by atoms with Crippen LogP contribution >= 0.6 is 23.1 Å². The van der Waals surface area contributed by atoms with E-state index < -0.39 is 0 Å². The van der Waals surface area contributed by atoms with Crippen molar-refractivity contribution in [3.05, 3.63) is 53.0 Å². The van der Waals surface area contributed by atoms with Crippen LogP contribution in [0.1, 0.15) is 24.4 Å². The van der Waals surface area contributed by atoms with Crippen LogP contribution in [0, 0.1) is 6.92 Å². The number of thiazole rings is 1. The zero-order chi connectivity index (χ0) is 17.1. The van der Waals surface area contributed by atoms with E-state index in [-0.39, 0.29) is 5.91 Å². The molecule has 0 fully saturated rings. The third-order valence-electron chi connectivity index (χ3n) is 3.44. The van der Waals surface area contributed by atoms with E-state index in [1.54, 1.807) is 11.3 Å². The molecule has 1 heterocycles. The van der Waals surface area contributed by atoms with Crippen molar-refractivity contribution < 1.29 is 4.79 Å². The van der Waals surface area contributed by atoms with Crippen LogP contribution in [0.4, 0.5) is 5.69 Å². The lowest BCUT2D eigenvalue weighted by Gasteiger charge is -2.07. The molecule has 0 saturated heterocycles. The summed E-state index contributed by atoms with van der Waals surface area (Å²) >= 11 is 3.49. The number of carbonyl (C=O) groups excluding carboxylic acids is 1. The predicted molar refractivity (Wildman–Crippen MR) is 104 cm³/mol. The molecule has 0 aliphatic rings. The second-order valence-corrected chi connectivity index (χ2v) is 8.84. The van der Waals surface area contributed by atoms with E-state index in [1.807, 2.05) is 49.0 Å². The minimum atomic E-state index is -0.00874. The molecule has 3 aromatic rings. The van der Waals surface area contributed by atoms with Crippen molar-refractivity contribution in [2.75, 3.05) is 5.32 Å². The lowest BCUT2D eigenvalue weighted by molar-refractivity contribution is -0.115. The van der Waals surface area contributed by atoms with E-state index in [0.29, 0.717) is 11.7 Å². The summed E-state index contributed by atoms with van der Waals surface area (Å²) < 4.78 is 1.14. The van der Waals surface area contributed by atoms with Crippen LogP contribution in [0.15, 0.2) is 47.4 Å². The second-order valence-electron chi connectivity index (χ2n) is 5.95. The molecule has 5 heteroatoms. The molecule has 0 radical (unpaired) electrons. The van der Waals surface area contributed by atoms with E-state index >= 15 is 0 Å². The summed E-state index contributed by atoms with van der Waals surface area (Å²) in [6, 6.07) is 14.1. The lowest BCUT2D eigenvalue weighted by atomic mass is 10.1. The standard InChI is InChI=1S/C19H20N2OS2/c1-12(2)23-16-7-4-14(5-8-16)10-19(22)21-15-6-9-18-17(11-15)20-13(3)24-18/h4-9,11-12H,10H2,1-3H3,(H,21,22). The Kier molecular flexibility index (Phi) is 5.21. The highest BCUT2D eigenvalue weighted by Crippen LogP contribution is 2.25. The number of benzene rings is 2. The van der Waals surface area contributed by atoms with Gasteiger partial charge in [0.15, 0.2) is 0 Å². The van der Waals surface area contributed by atoms with Crippen LogP contribution in [0.2, 0.25) is 0 Å². The fourth-order valence-electron chi connectivity index (χ4n) is 2.47. The highest BCUT2D eigenvalue weighted by molar-refractivity contribution is 7.99. The van der Waals surface area contributed by atoms with Gasteiger partial charge in [0.25, 0.3) is 0 Å². The minimum Gasteiger partial charge on any atom is -0.326 e. The molecule has 0 aliphatic heterocycles. The molecule has 2 aromatic carbocycles. The zero-order valence-electron chi connectivity index (χ0n) is 14.0. The molecule has 124 valence electrons. The van der Waals surface area contributed by atoms with Gasteiger partial charge in [-0.3, -0.25) is 4.79 Å². The molecule has 0 spiro atoms. The molecule has 1 aromatic heterocycles. The number of nitrogens with zero attached hydrogens (tertiary/aromatic N) is 1. The molecule has 0 saturated carbocycles. The third kappa shape index (κ3) is 4.36. The van der Waals surface area contributed by atoms with Crippen molar-refractivity contribution in [1.29, 1.82) is 0 Å². The van der Waals surface area contributed by atoms with Crippen LogP contribution in [-0.4, -0.2) is 16.1 Å². The summed E-state index contributed by atoms with van der Waals surface area (Å²) in [5.74, 6) is -0.00874. The maximum atomic E-state index is 12.3. The van der Waals surface area contributed by atoms with Crippen molar-refractivity contribution >= 4 is 44.9 Å². The predicted octanol–water partition coefficient (Wildman–Crippen LogP) is 5.29. The van der Waals surface area contributed by atoms with Gasteiger partial charge in [-0.25, -0.2) is 4.98 Å². The summed E-state index contributed by atoms with van der Waals surface area (Å²) in [7, 11) is 0. The number of nitrogens with one attached hydrogen (secondary N) is 1. The number of amides is 1. The van der Waals surface area contributed by atoms with Crippen molar-refractivity contribution in [1.82, 2.24) is 4.98 Å². The van der Waals surface area contributed by atoms with Crippen molar-refractivity contribution in [3.8, 4) is 0 Å². The van der Waals surface area contributed by atoms with Crippen molar-refractivity contribution in [2.45, 2.75) is 37.3 Å². The summed E-state index contributed by atoms with van der Waals surface area (Å²) in [5.41, 5.74) is 2.75. The van der Waals surface area contributed by atoms with Crippen molar-refractivity contribution in [2.24, 2.45) is 0 Å². The van der Waals surface area contributed by atoms with Crippen LogP contribution in [0.3, 0.4) is 0 Å². The van der Waals surface area contributed by atoms with E-state index in [2.05, 4.69) is 36.3 Å². The molecule has 3 nitrogen and oxygen atoms in total. The van der Waals surface area contributed by atoms with Gasteiger partial charge in [0.1, 0.15) is 0 Å². The fourth-order valence-corrected chi connectivity index (χ4v) is 4.11. The first-order valence-corrected chi connectivity index (χ1v) is 9.62. The number of aromatic nitrogens is 1.